The Kier molecular flexibility index (Phi) is 3.77. The number of nitrogen functional groups attached to an aromatic ring is 1. The van der Waals surface area contributed by atoms with Crippen LogP contribution in [0.3, 0.4) is 0 Å². The zero-order valence-corrected chi connectivity index (χ0v) is 13.9. The number of hydrogen-bond acceptors (Lipinski definition) is 6. The molecule has 1 unspecified atom stereocenters. The highest BCUT2D eigenvalue weighted by Crippen LogP contribution is 2.38. The molecule has 1 aliphatic carbocycles. The minimum Gasteiger partial charge on any atom is -0.481 e. The highest BCUT2D eigenvalue weighted by molar-refractivity contribution is 5.81. The number of aromatic nitrogens is 4. The Bertz CT molecular complexity index is 1070. The molecule has 3 aromatic rings. The first kappa shape index (κ1) is 16.0. The number of aryl methyl sites for hydroxylation is 1. The summed E-state index contributed by atoms with van der Waals surface area (Å²) in [4.78, 5) is 19.7. The predicted octanol–water partition coefficient (Wildman–Crippen LogP) is 1.82. The van der Waals surface area contributed by atoms with E-state index in [0.29, 0.717) is 24.1 Å². The summed E-state index contributed by atoms with van der Waals surface area (Å²) in [5.41, 5.74) is 10.3. The van der Waals surface area contributed by atoms with Crippen LogP contribution in [0.5, 0.6) is 0 Å². The first-order valence-electron chi connectivity index (χ1n) is 8.29. The molecule has 3 N–H and O–H groups in total. The van der Waals surface area contributed by atoms with E-state index in [9.17, 15) is 10.1 Å². The number of hydrogen-bond donors (Lipinski definition) is 2. The molecule has 3 aromatic heterocycles. The Morgan fingerprint density at radius 3 is 3.12 bits per heavy atom. The Morgan fingerprint density at radius 2 is 2.35 bits per heavy atom. The fourth-order valence-electron chi connectivity index (χ4n) is 3.67. The number of nitrogens with zero attached hydrogens (tertiary/aromatic N) is 5. The molecule has 4 rings (SSSR count). The average molecular weight is 348 g/mol. The van der Waals surface area contributed by atoms with E-state index in [0.717, 1.165) is 28.8 Å². The van der Waals surface area contributed by atoms with Crippen molar-refractivity contribution in [2.45, 2.75) is 25.7 Å². The summed E-state index contributed by atoms with van der Waals surface area (Å²) in [6.07, 6.45) is 5.32. The number of pyridine rings is 2. The summed E-state index contributed by atoms with van der Waals surface area (Å²) in [5.74, 6) is -0.583. The third-order valence-corrected chi connectivity index (χ3v) is 4.84. The average Bonchev–Trinajstić information content (AvgIpc) is 3.08. The molecule has 3 heterocycles. The van der Waals surface area contributed by atoms with E-state index in [4.69, 9.17) is 10.8 Å². The monoisotopic (exact) mass is 348 g/mol. The van der Waals surface area contributed by atoms with Gasteiger partial charge in [0, 0.05) is 23.9 Å². The van der Waals surface area contributed by atoms with Crippen LogP contribution >= 0.6 is 0 Å². The highest BCUT2D eigenvalue weighted by Gasteiger charge is 2.27. The number of nitrogens with two attached hydrogens (primary N) is 1. The van der Waals surface area contributed by atoms with Crippen LogP contribution in [0.1, 0.15) is 29.7 Å². The molecule has 8 heteroatoms. The molecule has 1 atom stereocenters. The maximum Gasteiger partial charge on any atom is 0.303 e. The topological polar surface area (TPSA) is 130 Å². The lowest BCUT2D eigenvalue weighted by Crippen LogP contribution is -2.20. The van der Waals surface area contributed by atoms with Crippen molar-refractivity contribution in [2.24, 2.45) is 5.92 Å². The summed E-state index contributed by atoms with van der Waals surface area (Å²) < 4.78 is 1.64. The van der Waals surface area contributed by atoms with Gasteiger partial charge < -0.3 is 10.8 Å². The van der Waals surface area contributed by atoms with Crippen molar-refractivity contribution in [3.8, 4) is 17.2 Å². The van der Waals surface area contributed by atoms with Crippen molar-refractivity contribution in [3.63, 3.8) is 0 Å². The first-order chi connectivity index (χ1) is 12.6. The Balaban J connectivity index is 1.91. The summed E-state index contributed by atoms with van der Waals surface area (Å²) in [7, 11) is 0. The van der Waals surface area contributed by atoms with Gasteiger partial charge in [-0.15, -0.1) is 0 Å². The van der Waals surface area contributed by atoms with Gasteiger partial charge >= 0.3 is 5.97 Å². The zero-order chi connectivity index (χ0) is 18.3. The van der Waals surface area contributed by atoms with Gasteiger partial charge in [0.1, 0.15) is 23.8 Å². The summed E-state index contributed by atoms with van der Waals surface area (Å²) in [6.45, 7) is 0. The molecule has 1 aliphatic rings. The molecule has 0 bridgehead atoms. The van der Waals surface area contributed by atoms with E-state index in [2.05, 4.69) is 21.1 Å². The van der Waals surface area contributed by atoms with E-state index < -0.39 is 5.97 Å². The maximum atomic E-state index is 11.1. The maximum absolute atomic E-state index is 11.1. The van der Waals surface area contributed by atoms with Crippen molar-refractivity contribution in [1.82, 2.24) is 19.6 Å². The van der Waals surface area contributed by atoms with Gasteiger partial charge in [0.25, 0.3) is 0 Å². The van der Waals surface area contributed by atoms with E-state index in [-0.39, 0.29) is 18.2 Å². The Hall–Kier alpha value is -3.47. The largest absolute Gasteiger partial charge is 0.481 e. The molecule has 0 aromatic carbocycles. The molecular weight excluding hydrogens is 332 g/mol. The number of carbonyl (C=O) groups is 1. The molecule has 0 aliphatic heterocycles. The first-order valence-corrected chi connectivity index (χ1v) is 8.29. The number of fused-ring (bicyclic) bond motifs is 2. The smallest absolute Gasteiger partial charge is 0.303 e. The van der Waals surface area contributed by atoms with E-state index >= 15 is 0 Å². The number of carboxylic acid groups (broad SMARTS) is 1. The minimum atomic E-state index is -0.811. The molecule has 0 saturated heterocycles. The summed E-state index contributed by atoms with van der Waals surface area (Å²) in [6, 6.07) is 5.87. The van der Waals surface area contributed by atoms with Crippen molar-refractivity contribution in [2.75, 3.05) is 5.73 Å². The van der Waals surface area contributed by atoms with Crippen LogP contribution in [-0.2, 0) is 17.6 Å². The Morgan fingerprint density at radius 1 is 1.50 bits per heavy atom. The molecule has 26 heavy (non-hydrogen) atoms. The lowest BCUT2D eigenvalue weighted by Gasteiger charge is -2.26. The molecule has 0 amide bonds. The van der Waals surface area contributed by atoms with Crippen LogP contribution in [0, 0.1) is 17.2 Å². The fourth-order valence-corrected chi connectivity index (χ4v) is 3.67. The molecule has 0 saturated carbocycles. The molecule has 130 valence electrons. The lowest BCUT2D eigenvalue weighted by molar-refractivity contribution is -0.138. The van der Waals surface area contributed by atoms with Crippen molar-refractivity contribution >= 4 is 17.4 Å². The molecule has 0 fully saturated rings. The number of anilines is 1. The van der Waals surface area contributed by atoms with Crippen LogP contribution in [0.4, 0.5) is 5.82 Å². The van der Waals surface area contributed by atoms with Crippen LogP contribution in [0.25, 0.3) is 16.8 Å². The number of carboxylic acids is 1. The van der Waals surface area contributed by atoms with Crippen LogP contribution < -0.4 is 5.73 Å². The predicted molar refractivity (Wildman–Crippen MR) is 93.1 cm³/mol. The summed E-state index contributed by atoms with van der Waals surface area (Å²) in [5, 5.41) is 22.9. The third-order valence-electron chi connectivity index (χ3n) is 4.84. The van der Waals surface area contributed by atoms with E-state index in [1.54, 1.807) is 10.7 Å². The summed E-state index contributed by atoms with van der Waals surface area (Å²) >= 11 is 0. The molecule has 0 radical (unpaired) electrons. The van der Waals surface area contributed by atoms with Gasteiger partial charge in [0.15, 0.2) is 5.65 Å². The van der Waals surface area contributed by atoms with Crippen LogP contribution in [-0.4, -0.2) is 30.7 Å². The van der Waals surface area contributed by atoms with Gasteiger partial charge in [-0.1, -0.05) is 0 Å². The van der Waals surface area contributed by atoms with Gasteiger partial charge in [-0.05, 0) is 48.4 Å². The minimum absolute atomic E-state index is 0.0209. The van der Waals surface area contributed by atoms with Crippen molar-refractivity contribution in [3.05, 3.63) is 41.5 Å². The van der Waals surface area contributed by atoms with E-state index in [1.165, 1.54) is 6.33 Å². The van der Waals surface area contributed by atoms with Gasteiger partial charge in [-0.2, -0.15) is 10.4 Å². The second kappa shape index (κ2) is 6.11. The van der Waals surface area contributed by atoms with Gasteiger partial charge in [0.2, 0.25) is 0 Å². The van der Waals surface area contributed by atoms with Gasteiger partial charge in [-0.3, -0.25) is 4.79 Å². The number of rotatable bonds is 3. The zero-order valence-electron chi connectivity index (χ0n) is 13.9. The van der Waals surface area contributed by atoms with E-state index in [1.807, 2.05) is 12.1 Å². The highest BCUT2D eigenvalue weighted by atomic mass is 16.4. The quantitative estimate of drug-likeness (QED) is 0.738. The molecular formula is C18H16N6O2. The second-order valence-electron chi connectivity index (χ2n) is 6.47. The fraction of sp³-hybridized carbons (Fsp3) is 0.278. The Labute approximate surface area is 148 Å². The number of aliphatic carboxylic acids is 1. The molecule has 0 spiro atoms. The van der Waals surface area contributed by atoms with Crippen molar-refractivity contribution < 1.29 is 9.90 Å². The van der Waals surface area contributed by atoms with Crippen molar-refractivity contribution in [1.29, 1.82) is 5.26 Å². The SMILES string of the molecule is N#Cc1c(N)nc2c(c1-c1ccn3ncnc3c1)CC(CC(=O)O)CC2. The van der Waals surface area contributed by atoms with Crippen LogP contribution in [0.15, 0.2) is 24.7 Å². The third kappa shape index (κ3) is 2.63. The van der Waals surface area contributed by atoms with Gasteiger partial charge in [-0.25, -0.2) is 14.5 Å². The standard InChI is InChI=1S/C18H16N6O2/c19-8-13-17(11-3-4-24-15(7-11)21-9-22-24)12-5-10(6-16(25)26)1-2-14(12)23-18(13)20/h3-4,7,9-10H,1-2,5-6H2,(H2,20,23)(H,25,26). The van der Waals surface area contributed by atoms with Crippen LogP contribution in [0.2, 0.25) is 0 Å². The van der Waals surface area contributed by atoms with Gasteiger partial charge in [0.05, 0.1) is 0 Å². The lowest BCUT2D eigenvalue weighted by atomic mass is 9.80. The normalized spacial score (nSPS) is 16.2. The number of nitriles is 1. The molecule has 8 nitrogen and oxygen atoms in total. The second-order valence-corrected chi connectivity index (χ2v) is 6.47.